The molecule has 172 valence electrons. The van der Waals surface area contributed by atoms with Gasteiger partial charge in [-0.15, -0.1) is 0 Å². The predicted molar refractivity (Wildman–Crippen MR) is 127 cm³/mol. The molecule has 2 aliphatic heterocycles. The lowest BCUT2D eigenvalue weighted by atomic mass is 9.98. The maximum Gasteiger partial charge on any atom is 0.243 e. The molecule has 8 heteroatoms. The van der Waals surface area contributed by atoms with Crippen molar-refractivity contribution in [3.63, 3.8) is 0 Å². The van der Waals surface area contributed by atoms with Crippen molar-refractivity contribution in [2.24, 2.45) is 5.92 Å². The van der Waals surface area contributed by atoms with E-state index < -0.39 is 10.0 Å². The van der Waals surface area contributed by atoms with E-state index in [0.29, 0.717) is 19.4 Å². The first kappa shape index (κ1) is 22.8. The maximum absolute atomic E-state index is 13.0. The van der Waals surface area contributed by atoms with E-state index >= 15 is 0 Å². The maximum atomic E-state index is 13.0. The highest BCUT2D eigenvalue weighted by atomic mass is 32.2. The fourth-order valence-electron chi connectivity index (χ4n) is 4.30. The van der Waals surface area contributed by atoms with Gasteiger partial charge >= 0.3 is 0 Å². The molecule has 2 aromatic carbocycles. The Morgan fingerprint density at radius 3 is 2.25 bits per heavy atom. The van der Waals surface area contributed by atoms with Gasteiger partial charge in [0.05, 0.1) is 10.8 Å². The molecule has 0 bridgehead atoms. The zero-order valence-corrected chi connectivity index (χ0v) is 19.6. The Balaban J connectivity index is 1.37. The van der Waals surface area contributed by atoms with Crippen molar-refractivity contribution in [2.45, 2.75) is 24.7 Å². The van der Waals surface area contributed by atoms with Crippen LogP contribution in [-0.4, -0.2) is 69.8 Å². The van der Waals surface area contributed by atoms with Gasteiger partial charge in [-0.2, -0.15) is 4.31 Å². The molecule has 0 unspecified atom stereocenters. The summed E-state index contributed by atoms with van der Waals surface area (Å²) in [4.78, 5) is 17.8. The average Bonchev–Trinajstić information content (AvgIpc) is 2.80. The number of piperidine rings is 1. The normalized spacial score (nSPS) is 20.8. The smallest absolute Gasteiger partial charge is 0.243 e. The van der Waals surface area contributed by atoms with E-state index in [0.717, 1.165) is 43.1 Å². The summed E-state index contributed by atoms with van der Waals surface area (Å²) >= 11 is 0. The summed E-state index contributed by atoms with van der Waals surface area (Å²) < 4.78 is 27.5. The number of carbonyl (C=O) groups excluding carboxylic acids is 1. The standard InChI is InChI=1S/C24H32N4O3S/c1-19-5-11-23(12-6-19)32(30,31)28-13-3-4-20(18-28)24(29)25-21-7-9-22(10-8-21)27-16-14-26(2)15-17-27/h5-12,20H,3-4,13-18H2,1-2H3,(H,25,29)/t20-/m1/s1. The van der Waals surface area contributed by atoms with Crippen molar-refractivity contribution in [3.05, 3.63) is 54.1 Å². The lowest BCUT2D eigenvalue weighted by molar-refractivity contribution is -0.120. The van der Waals surface area contributed by atoms with Gasteiger partial charge in [-0.25, -0.2) is 8.42 Å². The monoisotopic (exact) mass is 456 g/mol. The van der Waals surface area contributed by atoms with E-state index in [2.05, 4.69) is 22.2 Å². The highest BCUT2D eigenvalue weighted by Crippen LogP contribution is 2.26. The van der Waals surface area contributed by atoms with Crippen LogP contribution in [0, 0.1) is 12.8 Å². The summed E-state index contributed by atoms with van der Waals surface area (Å²) in [6.45, 7) is 6.66. The minimum atomic E-state index is -3.60. The van der Waals surface area contributed by atoms with Crippen molar-refractivity contribution in [1.82, 2.24) is 9.21 Å². The van der Waals surface area contributed by atoms with E-state index in [-0.39, 0.29) is 23.3 Å². The van der Waals surface area contributed by atoms with Crippen LogP contribution < -0.4 is 10.2 Å². The number of aryl methyl sites for hydroxylation is 1. The molecular formula is C24H32N4O3S. The molecule has 2 fully saturated rings. The van der Waals surface area contributed by atoms with Crippen molar-refractivity contribution in [1.29, 1.82) is 0 Å². The van der Waals surface area contributed by atoms with Crippen LogP contribution >= 0.6 is 0 Å². The third-order valence-corrected chi connectivity index (χ3v) is 8.30. The number of anilines is 2. The second-order valence-corrected chi connectivity index (χ2v) is 10.8. The molecular weight excluding hydrogens is 424 g/mol. The molecule has 1 amide bonds. The molecule has 0 spiro atoms. The molecule has 4 rings (SSSR count). The van der Waals surface area contributed by atoms with Crippen LogP contribution in [0.4, 0.5) is 11.4 Å². The van der Waals surface area contributed by atoms with Gasteiger partial charge in [0.2, 0.25) is 15.9 Å². The average molecular weight is 457 g/mol. The first-order valence-electron chi connectivity index (χ1n) is 11.2. The Labute approximate surface area is 191 Å². The molecule has 2 heterocycles. The molecule has 2 saturated heterocycles. The number of carbonyl (C=O) groups is 1. The van der Waals surface area contributed by atoms with Crippen LogP contribution in [0.15, 0.2) is 53.4 Å². The van der Waals surface area contributed by atoms with Crippen molar-refractivity contribution < 1.29 is 13.2 Å². The van der Waals surface area contributed by atoms with E-state index in [4.69, 9.17) is 0 Å². The zero-order chi connectivity index (χ0) is 22.7. The molecule has 1 atom stereocenters. The fraction of sp³-hybridized carbons (Fsp3) is 0.458. The summed E-state index contributed by atoms with van der Waals surface area (Å²) in [6.07, 6.45) is 1.36. The minimum absolute atomic E-state index is 0.124. The van der Waals surface area contributed by atoms with E-state index in [9.17, 15) is 13.2 Å². The van der Waals surface area contributed by atoms with E-state index in [1.54, 1.807) is 24.3 Å². The summed E-state index contributed by atoms with van der Waals surface area (Å²) in [5, 5.41) is 2.98. The zero-order valence-electron chi connectivity index (χ0n) is 18.8. The van der Waals surface area contributed by atoms with Crippen LogP contribution in [0.3, 0.4) is 0 Å². The largest absolute Gasteiger partial charge is 0.369 e. The van der Waals surface area contributed by atoms with Gasteiger partial charge < -0.3 is 15.1 Å². The number of hydrogen-bond acceptors (Lipinski definition) is 5. The van der Waals surface area contributed by atoms with Gasteiger partial charge in [0.15, 0.2) is 0 Å². The number of likely N-dealkylation sites (N-methyl/N-ethyl adjacent to an activating group) is 1. The van der Waals surface area contributed by atoms with E-state index in [1.165, 1.54) is 4.31 Å². The summed E-state index contributed by atoms with van der Waals surface area (Å²) in [5.74, 6) is -0.484. The third kappa shape index (κ3) is 5.14. The highest BCUT2D eigenvalue weighted by Gasteiger charge is 2.33. The number of benzene rings is 2. The Morgan fingerprint density at radius 2 is 1.59 bits per heavy atom. The Morgan fingerprint density at radius 1 is 0.938 bits per heavy atom. The second-order valence-electron chi connectivity index (χ2n) is 8.84. The number of piperazine rings is 1. The summed E-state index contributed by atoms with van der Waals surface area (Å²) in [7, 11) is -1.46. The first-order valence-corrected chi connectivity index (χ1v) is 12.7. The first-order chi connectivity index (χ1) is 15.3. The molecule has 0 saturated carbocycles. The van der Waals surface area contributed by atoms with Crippen LogP contribution in [0.2, 0.25) is 0 Å². The van der Waals surface area contributed by atoms with Gasteiger partial charge in [0.25, 0.3) is 0 Å². The van der Waals surface area contributed by atoms with Crippen molar-refractivity contribution >= 4 is 27.3 Å². The fourth-order valence-corrected chi connectivity index (χ4v) is 5.82. The minimum Gasteiger partial charge on any atom is -0.369 e. The van der Waals surface area contributed by atoms with Crippen LogP contribution in [-0.2, 0) is 14.8 Å². The van der Waals surface area contributed by atoms with Gasteiger partial charge in [-0.05, 0) is 63.2 Å². The molecule has 32 heavy (non-hydrogen) atoms. The molecule has 0 aliphatic carbocycles. The quantitative estimate of drug-likeness (QED) is 0.749. The number of hydrogen-bond donors (Lipinski definition) is 1. The predicted octanol–water partition coefficient (Wildman–Crippen LogP) is 2.79. The molecule has 7 nitrogen and oxygen atoms in total. The third-order valence-electron chi connectivity index (χ3n) is 6.42. The Hall–Kier alpha value is -2.42. The lowest BCUT2D eigenvalue weighted by Crippen LogP contribution is -2.44. The van der Waals surface area contributed by atoms with Crippen LogP contribution in [0.1, 0.15) is 18.4 Å². The SMILES string of the molecule is Cc1ccc(S(=O)(=O)N2CCC[C@@H](C(=O)Nc3ccc(N4CCN(C)CC4)cc3)C2)cc1. The number of amides is 1. The number of nitrogens with one attached hydrogen (secondary N) is 1. The highest BCUT2D eigenvalue weighted by molar-refractivity contribution is 7.89. The summed E-state index contributed by atoms with van der Waals surface area (Å²) in [6, 6.07) is 14.8. The van der Waals surface area contributed by atoms with Gasteiger partial charge in [-0.3, -0.25) is 4.79 Å². The van der Waals surface area contributed by atoms with Crippen LogP contribution in [0.25, 0.3) is 0 Å². The number of sulfonamides is 1. The Bertz CT molecular complexity index is 1030. The molecule has 1 N–H and O–H groups in total. The molecule has 2 aromatic rings. The molecule has 0 radical (unpaired) electrons. The second kappa shape index (κ2) is 9.60. The number of rotatable bonds is 5. The van der Waals surface area contributed by atoms with Gasteiger partial charge in [0.1, 0.15) is 0 Å². The Kier molecular flexibility index (Phi) is 6.83. The summed E-state index contributed by atoms with van der Waals surface area (Å²) in [5.41, 5.74) is 2.91. The van der Waals surface area contributed by atoms with Crippen molar-refractivity contribution in [3.8, 4) is 0 Å². The van der Waals surface area contributed by atoms with Gasteiger partial charge in [0, 0.05) is 50.6 Å². The number of nitrogens with zero attached hydrogens (tertiary/aromatic N) is 3. The topological polar surface area (TPSA) is 73.0 Å². The molecule has 2 aliphatic rings. The van der Waals surface area contributed by atoms with Crippen LogP contribution in [0.5, 0.6) is 0 Å². The molecule has 0 aromatic heterocycles. The van der Waals surface area contributed by atoms with E-state index in [1.807, 2.05) is 31.2 Å². The lowest BCUT2D eigenvalue weighted by Gasteiger charge is -2.34. The van der Waals surface area contributed by atoms with Gasteiger partial charge in [-0.1, -0.05) is 17.7 Å². The van der Waals surface area contributed by atoms with Crippen molar-refractivity contribution in [2.75, 3.05) is 56.5 Å².